The molecule has 0 spiro atoms. The third-order valence-electron chi connectivity index (χ3n) is 3.77. The van der Waals surface area contributed by atoms with Crippen molar-refractivity contribution >= 4 is 17.7 Å². The van der Waals surface area contributed by atoms with Gasteiger partial charge in [0.25, 0.3) is 0 Å². The van der Waals surface area contributed by atoms with Crippen molar-refractivity contribution in [3.05, 3.63) is 35.9 Å². The van der Waals surface area contributed by atoms with Crippen molar-refractivity contribution < 1.29 is 9.90 Å². The second-order valence-electron chi connectivity index (χ2n) is 5.21. The molecule has 0 amide bonds. The summed E-state index contributed by atoms with van der Waals surface area (Å²) in [7, 11) is 0. The maximum Gasteiger partial charge on any atom is 0.329 e. The molecule has 0 heterocycles. The van der Waals surface area contributed by atoms with Gasteiger partial charge in [-0.15, -0.1) is 0 Å². The molecular formula is C15H21NO2S. The maximum atomic E-state index is 11.6. The zero-order valence-corrected chi connectivity index (χ0v) is 11.9. The summed E-state index contributed by atoms with van der Waals surface area (Å²) in [5.41, 5.74) is 5.57. The molecule has 19 heavy (non-hydrogen) atoms. The Hall–Kier alpha value is -1.00. The quantitative estimate of drug-likeness (QED) is 0.869. The zero-order chi connectivity index (χ0) is 13.7. The molecule has 1 aromatic rings. The molecule has 1 aliphatic carbocycles. The van der Waals surface area contributed by atoms with Crippen molar-refractivity contribution in [1.29, 1.82) is 0 Å². The molecule has 1 aromatic carbocycles. The van der Waals surface area contributed by atoms with Crippen LogP contribution in [0.25, 0.3) is 0 Å². The van der Waals surface area contributed by atoms with E-state index in [1.807, 2.05) is 18.2 Å². The van der Waals surface area contributed by atoms with Crippen molar-refractivity contribution in [2.75, 3.05) is 5.75 Å². The van der Waals surface area contributed by atoms with Crippen molar-refractivity contribution in [3.8, 4) is 0 Å². The van der Waals surface area contributed by atoms with E-state index in [4.69, 9.17) is 5.73 Å². The Morgan fingerprint density at radius 1 is 1.26 bits per heavy atom. The van der Waals surface area contributed by atoms with Crippen LogP contribution in [-0.2, 0) is 10.3 Å². The van der Waals surface area contributed by atoms with Gasteiger partial charge in [0.05, 0.1) is 0 Å². The van der Waals surface area contributed by atoms with Gasteiger partial charge in [0, 0.05) is 11.0 Å². The number of carbonyl (C=O) groups is 1. The van der Waals surface area contributed by atoms with Crippen LogP contribution in [0.3, 0.4) is 0 Å². The lowest BCUT2D eigenvalue weighted by Crippen LogP contribution is -2.47. The Morgan fingerprint density at radius 2 is 1.89 bits per heavy atom. The lowest BCUT2D eigenvalue weighted by atomic mass is 9.93. The van der Waals surface area contributed by atoms with E-state index in [0.717, 1.165) is 0 Å². The Bertz CT molecular complexity index is 417. The van der Waals surface area contributed by atoms with Crippen LogP contribution >= 0.6 is 11.8 Å². The van der Waals surface area contributed by atoms with Crippen LogP contribution in [0.4, 0.5) is 0 Å². The fourth-order valence-corrected chi connectivity index (χ4v) is 3.94. The number of carboxylic acids is 1. The summed E-state index contributed by atoms with van der Waals surface area (Å²) in [4.78, 5) is 11.6. The minimum Gasteiger partial charge on any atom is -0.480 e. The first kappa shape index (κ1) is 14.4. The van der Waals surface area contributed by atoms with Crippen LogP contribution in [0.2, 0.25) is 0 Å². The Balaban J connectivity index is 2.05. The summed E-state index contributed by atoms with van der Waals surface area (Å²) in [6.45, 7) is 0. The smallest absolute Gasteiger partial charge is 0.329 e. The van der Waals surface area contributed by atoms with Gasteiger partial charge in [0.15, 0.2) is 0 Å². The largest absolute Gasteiger partial charge is 0.480 e. The molecule has 4 heteroatoms. The Labute approximate surface area is 118 Å². The number of benzene rings is 1. The third kappa shape index (κ3) is 3.51. The summed E-state index contributed by atoms with van der Waals surface area (Å²) in [5, 5.41) is 10.0. The number of hydrogen-bond acceptors (Lipinski definition) is 3. The second-order valence-corrected chi connectivity index (χ2v) is 6.50. The van der Waals surface area contributed by atoms with E-state index >= 15 is 0 Å². The van der Waals surface area contributed by atoms with Gasteiger partial charge in [0.1, 0.15) is 5.54 Å². The van der Waals surface area contributed by atoms with Crippen LogP contribution in [-0.4, -0.2) is 22.1 Å². The SMILES string of the molecule is NC(CSC1CCCCC1)(C(=O)O)c1ccccc1. The van der Waals surface area contributed by atoms with Crippen molar-refractivity contribution in [2.45, 2.75) is 42.9 Å². The van der Waals surface area contributed by atoms with E-state index in [-0.39, 0.29) is 0 Å². The molecule has 0 aliphatic heterocycles. The number of rotatable bonds is 5. The number of hydrogen-bond donors (Lipinski definition) is 2. The van der Waals surface area contributed by atoms with Gasteiger partial charge in [-0.1, -0.05) is 49.6 Å². The molecule has 0 aromatic heterocycles. The fraction of sp³-hybridized carbons (Fsp3) is 0.533. The highest BCUT2D eigenvalue weighted by atomic mass is 32.2. The van der Waals surface area contributed by atoms with Gasteiger partial charge in [-0.05, 0) is 18.4 Å². The fourth-order valence-electron chi connectivity index (χ4n) is 2.49. The molecule has 1 unspecified atom stereocenters. The monoisotopic (exact) mass is 279 g/mol. The number of thioether (sulfide) groups is 1. The van der Waals surface area contributed by atoms with Gasteiger partial charge in [-0.2, -0.15) is 11.8 Å². The summed E-state index contributed by atoms with van der Waals surface area (Å²) in [6, 6.07) is 9.15. The highest BCUT2D eigenvalue weighted by molar-refractivity contribution is 8.00. The van der Waals surface area contributed by atoms with Gasteiger partial charge >= 0.3 is 5.97 Å². The molecule has 2 rings (SSSR count). The first-order valence-electron chi connectivity index (χ1n) is 6.82. The second kappa shape index (κ2) is 6.44. The first-order chi connectivity index (χ1) is 9.13. The summed E-state index contributed by atoms with van der Waals surface area (Å²) in [6.07, 6.45) is 6.20. The van der Waals surface area contributed by atoms with Gasteiger partial charge in [-0.3, -0.25) is 0 Å². The molecule has 3 nitrogen and oxygen atoms in total. The van der Waals surface area contributed by atoms with Gasteiger partial charge < -0.3 is 10.8 Å². The summed E-state index contributed by atoms with van der Waals surface area (Å²) in [5.74, 6) is -0.501. The van der Waals surface area contributed by atoms with Crippen molar-refractivity contribution in [1.82, 2.24) is 0 Å². The Kier molecular flexibility index (Phi) is 4.88. The average Bonchev–Trinajstić information content (AvgIpc) is 2.46. The molecule has 1 saturated carbocycles. The van der Waals surface area contributed by atoms with Gasteiger partial charge in [0.2, 0.25) is 0 Å². The highest BCUT2D eigenvalue weighted by Gasteiger charge is 2.36. The molecule has 3 N–H and O–H groups in total. The zero-order valence-electron chi connectivity index (χ0n) is 11.0. The minimum atomic E-state index is -1.27. The number of aliphatic carboxylic acids is 1. The molecule has 0 saturated heterocycles. The predicted octanol–water partition coefficient (Wildman–Crippen LogP) is 2.99. The normalized spacial score (nSPS) is 19.8. The molecule has 0 bridgehead atoms. The first-order valence-corrected chi connectivity index (χ1v) is 7.87. The van der Waals surface area contributed by atoms with Crippen molar-refractivity contribution in [2.24, 2.45) is 5.73 Å². The van der Waals surface area contributed by atoms with E-state index in [0.29, 0.717) is 16.6 Å². The van der Waals surface area contributed by atoms with Gasteiger partial charge in [-0.25, -0.2) is 4.79 Å². The van der Waals surface area contributed by atoms with E-state index in [1.165, 1.54) is 32.1 Å². The molecule has 1 aliphatic rings. The third-order valence-corrected chi connectivity index (χ3v) is 5.33. The average molecular weight is 279 g/mol. The topological polar surface area (TPSA) is 63.3 Å². The number of nitrogens with two attached hydrogens (primary N) is 1. The summed E-state index contributed by atoms with van der Waals surface area (Å²) < 4.78 is 0. The standard InChI is InChI=1S/C15H21NO2S/c16-15(14(17)18,12-7-3-1-4-8-12)11-19-13-9-5-2-6-10-13/h1,3-4,7-8,13H,2,5-6,9-11,16H2,(H,17,18). The predicted molar refractivity (Wildman–Crippen MR) is 79.3 cm³/mol. The molecule has 0 radical (unpaired) electrons. The molecule has 1 fully saturated rings. The molecule has 104 valence electrons. The molecule has 1 atom stereocenters. The lowest BCUT2D eigenvalue weighted by Gasteiger charge is -2.28. The maximum absolute atomic E-state index is 11.6. The van der Waals surface area contributed by atoms with Crippen LogP contribution in [0, 0.1) is 0 Å². The van der Waals surface area contributed by atoms with Crippen LogP contribution < -0.4 is 5.73 Å². The van der Waals surface area contributed by atoms with Crippen LogP contribution in [0.1, 0.15) is 37.7 Å². The molecular weight excluding hydrogens is 258 g/mol. The van der Waals surface area contributed by atoms with E-state index in [9.17, 15) is 9.90 Å². The number of carboxylic acid groups (broad SMARTS) is 1. The van der Waals surface area contributed by atoms with E-state index < -0.39 is 11.5 Å². The summed E-state index contributed by atoms with van der Waals surface area (Å²) >= 11 is 1.72. The van der Waals surface area contributed by atoms with Crippen LogP contribution in [0.5, 0.6) is 0 Å². The highest BCUT2D eigenvalue weighted by Crippen LogP contribution is 2.32. The van der Waals surface area contributed by atoms with E-state index in [1.54, 1.807) is 23.9 Å². The lowest BCUT2D eigenvalue weighted by molar-refractivity contribution is -0.142. The van der Waals surface area contributed by atoms with Crippen molar-refractivity contribution in [3.63, 3.8) is 0 Å². The van der Waals surface area contributed by atoms with Crippen LogP contribution in [0.15, 0.2) is 30.3 Å². The van der Waals surface area contributed by atoms with E-state index in [2.05, 4.69) is 0 Å². The Morgan fingerprint density at radius 3 is 2.47 bits per heavy atom. The minimum absolute atomic E-state index is 0.441.